The highest BCUT2D eigenvalue weighted by Gasteiger charge is 2.33. The van der Waals surface area contributed by atoms with E-state index in [4.69, 9.17) is 4.74 Å². The third kappa shape index (κ3) is 2.56. The average Bonchev–Trinajstić information content (AvgIpc) is 2.24. The highest BCUT2D eigenvalue weighted by atomic mass is 16.5. The van der Waals surface area contributed by atoms with Crippen molar-refractivity contribution < 1.29 is 9.84 Å². The molecule has 2 rings (SSSR count). The molecule has 1 aromatic rings. The minimum atomic E-state index is -0.524. The van der Waals surface area contributed by atoms with Crippen LogP contribution in [0.5, 0.6) is 0 Å². The van der Waals surface area contributed by atoms with Gasteiger partial charge < -0.3 is 15.2 Å². The van der Waals surface area contributed by atoms with Gasteiger partial charge in [0.1, 0.15) is 6.10 Å². The quantitative estimate of drug-likeness (QED) is 0.776. The maximum atomic E-state index is 9.86. The Kier molecular flexibility index (Phi) is 3.05. The summed E-state index contributed by atoms with van der Waals surface area (Å²) in [5.41, 5.74) is 0.823. The fraction of sp³-hybridized carbons (Fsp3) is 0.500. The Hall–Kier alpha value is -0.900. The first-order valence-corrected chi connectivity index (χ1v) is 5.27. The molecule has 3 heteroatoms. The molecule has 15 heavy (non-hydrogen) atoms. The van der Waals surface area contributed by atoms with Crippen molar-refractivity contribution in [1.29, 1.82) is 0 Å². The largest absolute Gasteiger partial charge is 0.386 e. The van der Waals surface area contributed by atoms with Crippen LogP contribution in [0.3, 0.4) is 0 Å². The van der Waals surface area contributed by atoms with Gasteiger partial charge in [-0.15, -0.1) is 0 Å². The van der Waals surface area contributed by atoms with Crippen LogP contribution in [0.25, 0.3) is 0 Å². The number of nitrogens with one attached hydrogen (secondary N) is 1. The molecule has 0 saturated carbocycles. The summed E-state index contributed by atoms with van der Waals surface area (Å²) < 4.78 is 5.67. The van der Waals surface area contributed by atoms with Gasteiger partial charge in [0.25, 0.3) is 0 Å². The number of aliphatic hydroxyl groups is 1. The molecule has 1 fully saturated rings. The Morgan fingerprint density at radius 1 is 1.40 bits per heavy atom. The van der Waals surface area contributed by atoms with Crippen LogP contribution in [0.4, 0.5) is 0 Å². The third-order valence-electron chi connectivity index (χ3n) is 2.77. The van der Waals surface area contributed by atoms with E-state index in [9.17, 15) is 5.11 Å². The lowest BCUT2D eigenvalue weighted by Crippen LogP contribution is -2.59. The Labute approximate surface area is 90.1 Å². The minimum absolute atomic E-state index is 0.0875. The zero-order chi connectivity index (χ0) is 10.7. The summed E-state index contributed by atoms with van der Waals surface area (Å²) in [7, 11) is 0. The zero-order valence-electron chi connectivity index (χ0n) is 8.94. The summed E-state index contributed by atoms with van der Waals surface area (Å²) in [5, 5.41) is 13.0. The Morgan fingerprint density at radius 2 is 2.07 bits per heavy atom. The SMILES string of the molecule is CC1(OCC(O)c2ccccc2)CNC1. The molecule has 0 aromatic heterocycles. The van der Waals surface area contributed by atoms with E-state index in [2.05, 4.69) is 12.2 Å². The second-order valence-corrected chi connectivity index (χ2v) is 4.29. The van der Waals surface area contributed by atoms with Crippen LogP contribution in [0.15, 0.2) is 30.3 Å². The molecule has 1 aliphatic heterocycles. The summed E-state index contributed by atoms with van der Waals surface area (Å²) in [6.45, 7) is 4.16. The number of aliphatic hydroxyl groups excluding tert-OH is 1. The fourth-order valence-corrected chi connectivity index (χ4v) is 1.63. The molecule has 3 nitrogen and oxygen atoms in total. The molecule has 0 radical (unpaired) electrons. The van der Waals surface area contributed by atoms with Crippen LogP contribution in [-0.4, -0.2) is 30.4 Å². The molecule has 0 aliphatic carbocycles. The normalized spacial score (nSPS) is 20.7. The molecule has 82 valence electrons. The molecule has 1 atom stereocenters. The molecule has 1 saturated heterocycles. The van der Waals surface area contributed by atoms with Gasteiger partial charge in [-0.3, -0.25) is 0 Å². The number of benzene rings is 1. The van der Waals surface area contributed by atoms with E-state index in [-0.39, 0.29) is 5.60 Å². The van der Waals surface area contributed by atoms with Gasteiger partial charge in [0.05, 0.1) is 12.2 Å². The van der Waals surface area contributed by atoms with E-state index in [1.54, 1.807) is 0 Å². The van der Waals surface area contributed by atoms with E-state index >= 15 is 0 Å². The molecule has 0 amide bonds. The summed E-state index contributed by atoms with van der Waals surface area (Å²) in [4.78, 5) is 0. The Bertz CT molecular complexity index is 309. The molecule has 1 aliphatic rings. The lowest BCUT2D eigenvalue weighted by atomic mass is 10.00. The summed E-state index contributed by atoms with van der Waals surface area (Å²) >= 11 is 0. The van der Waals surface area contributed by atoms with Crippen LogP contribution in [0.1, 0.15) is 18.6 Å². The molecular weight excluding hydrogens is 190 g/mol. The van der Waals surface area contributed by atoms with E-state index < -0.39 is 6.10 Å². The second kappa shape index (κ2) is 4.31. The number of ether oxygens (including phenoxy) is 1. The van der Waals surface area contributed by atoms with Gasteiger partial charge in [0.15, 0.2) is 0 Å². The van der Waals surface area contributed by atoms with Crippen molar-refractivity contribution in [3.63, 3.8) is 0 Å². The standard InChI is InChI=1S/C12H17NO2/c1-12(8-13-9-12)15-7-11(14)10-5-3-2-4-6-10/h2-6,11,13-14H,7-9H2,1H3. The van der Waals surface area contributed by atoms with E-state index in [0.717, 1.165) is 18.7 Å². The molecule has 1 unspecified atom stereocenters. The van der Waals surface area contributed by atoms with Gasteiger partial charge in [-0.1, -0.05) is 30.3 Å². The van der Waals surface area contributed by atoms with Crippen LogP contribution >= 0.6 is 0 Å². The smallest absolute Gasteiger partial charge is 0.102 e. The molecule has 0 spiro atoms. The Balaban J connectivity index is 1.85. The van der Waals surface area contributed by atoms with Gasteiger partial charge in [0.2, 0.25) is 0 Å². The van der Waals surface area contributed by atoms with Crippen molar-refractivity contribution in [2.45, 2.75) is 18.6 Å². The van der Waals surface area contributed by atoms with Crippen LogP contribution in [0, 0.1) is 0 Å². The van der Waals surface area contributed by atoms with Crippen molar-refractivity contribution in [3.05, 3.63) is 35.9 Å². The van der Waals surface area contributed by atoms with E-state index in [1.165, 1.54) is 0 Å². The molecule has 0 bridgehead atoms. The lowest BCUT2D eigenvalue weighted by molar-refractivity contribution is -0.0967. The van der Waals surface area contributed by atoms with E-state index in [1.807, 2.05) is 30.3 Å². The van der Waals surface area contributed by atoms with Crippen molar-refractivity contribution in [1.82, 2.24) is 5.32 Å². The minimum Gasteiger partial charge on any atom is -0.386 e. The second-order valence-electron chi connectivity index (χ2n) is 4.29. The summed E-state index contributed by atoms with van der Waals surface area (Å²) in [6.07, 6.45) is -0.524. The van der Waals surface area contributed by atoms with E-state index in [0.29, 0.717) is 6.61 Å². The van der Waals surface area contributed by atoms with Crippen LogP contribution < -0.4 is 5.32 Å². The van der Waals surface area contributed by atoms with Gasteiger partial charge >= 0.3 is 0 Å². The monoisotopic (exact) mass is 207 g/mol. The first kappa shape index (κ1) is 10.6. The average molecular weight is 207 g/mol. The van der Waals surface area contributed by atoms with Gasteiger partial charge in [-0.2, -0.15) is 0 Å². The van der Waals surface area contributed by atoms with Gasteiger partial charge in [0, 0.05) is 13.1 Å². The van der Waals surface area contributed by atoms with Gasteiger partial charge in [-0.05, 0) is 12.5 Å². The summed E-state index contributed by atoms with van der Waals surface area (Å²) in [5.74, 6) is 0. The highest BCUT2D eigenvalue weighted by Crippen LogP contribution is 2.19. The highest BCUT2D eigenvalue weighted by molar-refractivity contribution is 5.17. The topological polar surface area (TPSA) is 41.5 Å². The third-order valence-corrected chi connectivity index (χ3v) is 2.77. The van der Waals surface area contributed by atoms with Gasteiger partial charge in [-0.25, -0.2) is 0 Å². The maximum absolute atomic E-state index is 9.86. The first-order valence-electron chi connectivity index (χ1n) is 5.27. The molecule has 1 aromatic carbocycles. The maximum Gasteiger partial charge on any atom is 0.102 e. The molecule has 2 N–H and O–H groups in total. The van der Waals surface area contributed by atoms with Crippen molar-refractivity contribution in [3.8, 4) is 0 Å². The number of hydrogen-bond acceptors (Lipinski definition) is 3. The van der Waals surface area contributed by atoms with Crippen molar-refractivity contribution in [2.24, 2.45) is 0 Å². The van der Waals surface area contributed by atoms with Crippen LogP contribution in [0.2, 0.25) is 0 Å². The number of hydrogen-bond donors (Lipinski definition) is 2. The summed E-state index contributed by atoms with van der Waals surface area (Å²) in [6, 6.07) is 9.61. The van der Waals surface area contributed by atoms with Crippen LogP contribution in [-0.2, 0) is 4.74 Å². The fourth-order valence-electron chi connectivity index (χ4n) is 1.63. The van der Waals surface area contributed by atoms with Crippen molar-refractivity contribution in [2.75, 3.05) is 19.7 Å². The first-order chi connectivity index (χ1) is 7.20. The predicted octanol–water partition coefficient (Wildman–Crippen LogP) is 1.10. The Morgan fingerprint density at radius 3 is 2.60 bits per heavy atom. The number of rotatable bonds is 4. The molecular formula is C12H17NO2. The molecule has 1 heterocycles. The predicted molar refractivity (Wildman–Crippen MR) is 58.6 cm³/mol. The zero-order valence-corrected chi connectivity index (χ0v) is 8.94. The lowest BCUT2D eigenvalue weighted by Gasteiger charge is -2.39. The van der Waals surface area contributed by atoms with Crippen molar-refractivity contribution >= 4 is 0 Å².